The van der Waals surface area contributed by atoms with E-state index in [9.17, 15) is 17.6 Å². The average molecular weight is 397 g/mol. The van der Waals surface area contributed by atoms with Gasteiger partial charge in [0.25, 0.3) is 0 Å². The van der Waals surface area contributed by atoms with E-state index in [-0.39, 0.29) is 17.2 Å². The third-order valence-electron chi connectivity index (χ3n) is 4.19. The maximum Gasteiger partial charge on any atom is 0.235 e. The van der Waals surface area contributed by atoms with Crippen LogP contribution in [0.25, 0.3) is 0 Å². The zero-order valence-electron chi connectivity index (χ0n) is 13.9. The number of hydrogen-bond acceptors (Lipinski definition) is 3. The molecule has 1 amide bonds. The molecule has 0 spiro atoms. The second-order valence-electron chi connectivity index (χ2n) is 6.05. The summed E-state index contributed by atoms with van der Waals surface area (Å²) in [6.45, 7) is 0.411. The minimum atomic E-state index is -3.61. The number of hydrogen-bond donors (Lipinski definition) is 1. The zero-order valence-corrected chi connectivity index (χ0v) is 15.5. The van der Waals surface area contributed by atoms with E-state index in [0.29, 0.717) is 17.9 Å². The van der Waals surface area contributed by atoms with Crippen LogP contribution < -0.4 is 9.62 Å². The van der Waals surface area contributed by atoms with Gasteiger partial charge in [-0.25, -0.2) is 12.8 Å². The van der Waals surface area contributed by atoms with Crippen molar-refractivity contribution in [3.63, 3.8) is 0 Å². The maximum atomic E-state index is 13.1. The minimum Gasteiger partial charge on any atom is -0.326 e. The molecular formula is C18H18ClFN2O3S. The molecule has 138 valence electrons. The number of amides is 1. The number of sulfonamides is 1. The van der Waals surface area contributed by atoms with Crippen LogP contribution in [-0.4, -0.2) is 26.6 Å². The number of para-hydroxylation sites is 1. The number of fused-ring (bicyclic) bond motifs is 1. The number of benzene rings is 2. The summed E-state index contributed by atoms with van der Waals surface area (Å²) in [5.41, 5.74) is 2.00. The molecule has 5 nitrogen and oxygen atoms in total. The van der Waals surface area contributed by atoms with Crippen molar-refractivity contribution < 1.29 is 17.6 Å². The van der Waals surface area contributed by atoms with Crippen LogP contribution in [0.5, 0.6) is 0 Å². The first-order valence-electron chi connectivity index (χ1n) is 8.20. The number of nitrogens with zero attached hydrogens (tertiary/aromatic N) is 1. The lowest BCUT2D eigenvalue weighted by atomic mass is 10.0. The molecule has 0 fully saturated rings. The summed E-state index contributed by atoms with van der Waals surface area (Å²) in [5.74, 6) is -1.36. The van der Waals surface area contributed by atoms with Crippen LogP contribution in [0.3, 0.4) is 0 Å². The van der Waals surface area contributed by atoms with Crippen molar-refractivity contribution in [1.82, 2.24) is 0 Å². The van der Waals surface area contributed by atoms with Crippen LogP contribution in [0.1, 0.15) is 18.4 Å². The molecule has 0 atom stereocenters. The SMILES string of the molecule is O=C(CCS(=O)(=O)N1CCCc2ccccc21)Nc1ccc(F)c(Cl)c1. The van der Waals surface area contributed by atoms with Crippen LogP contribution in [0, 0.1) is 5.82 Å². The normalized spacial score (nSPS) is 14.0. The Hall–Kier alpha value is -2.12. The second kappa shape index (κ2) is 7.63. The maximum absolute atomic E-state index is 13.1. The van der Waals surface area contributed by atoms with Crippen molar-refractivity contribution in [2.24, 2.45) is 0 Å². The highest BCUT2D eigenvalue weighted by Crippen LogP contribution is 2.29. The van der Waals surface area contributed by atoms with Gasteiger partial charge in [0.1, 0.15) is 5.82 Å². The van der Waals surface area contributed by atoms with E-state index in [1.54, 1.807) is 12.1 Å². The Morgan fingerprint density at radius 1 is 1.23 bits per heavy atom. The molecule has 0 saturated heterocycles. The Labute approximate surface area is 156 Å². The van der Waals surface area contributed by atoms with Crippen molar-refractivity contribution in [2.45, 2.75) is 19.3 Å². The van der Waals surface area contributed by atoms with Gasteiger partial charge in [-0.1, -0.05) is 29.8 Å². The smallest absolute Gasteiger partial charge is 0.235 e. The summed E-state index contributed by atoms with van der Waals surface area (Å²) in [6, 6.07) is 11.2. The number of carbonyl (C=O) groups is 1. The number of nitrogens with one attached hydrogen (secondary N) is 1. The lowest BCUT2D eigenvalue weighted by molar-refractivity contribution is -0.115. The lowest BCUT2D eigenvalue weighted by Gasteiger charge is -2.30. The van der Waals surface area contributed by atoms with E-state index in [1.165, 1.54) is 16.4 Å². The van der Waals surface area contributed by atoms with Crippen LogP contribution in [0.15, 0.2) is 42.5 Å². The Balaban J connectivity index is 1.65. The molecule has 3 rings (SSSR count). The van der Waals surface area contributed by atoms with E-state index in [2.05, 4.69) is 5.32 Å². The Morgan fingerprint density at radius 3 is 2.77 bits per heavy atom. The molecule has 1 aliphatic heterocycles. The Kier molecular flexibility index (Phi) is 5.48. The van der Waals surface area contributed by atoms with Crippen LogP contribution in [-0.2, 0) is 21.2 Å². The van der Waals surface area contributed by atoms with Gasteiger partial charge in [-0.2, -0.15) is 0 Å². The molecule has 0 saturated carbocycles. The largest absolute Gasteiger partial charge is 0.326 e. The molecule has 0 aliphatic carbocycles. The molecule has 2 aromatic carbocycles. The highest BCUT2D eigenvalue weighted by Gasteiger charge is 2.27. The molecule has 2 aromatic rings. The Morgan fingerprint density at radius 2 is 2.00 bits per heavy atom. The zero-order chi connectivity index (χ0) is 18.7. The van der Waals surface area contributed by atoms with Gasteiger partial charge in [-0.3, -0.25) is 9.10 Å². The van der Waals surface area contributed by atoms with E-state index >= 15 is 0 Å². The molecular weight excluding hydrogens is 379 g/mol. The first-order valence-corrected chi connectivity index (χ1v) is 10.2. The van der Waals surface area contributed by atoms with Crippen molar-refractivity contribution in [3.05, 3.63) is 58.9 Å². The quantitative estimate of drug-likeness (QED) is 0.839. The molecule has 8 heteroatoms. The van der Waals surface area contributed by atoms with Crippen LogP contribution in [0.2, 0.25) is 5.02 Å². The van der Waals surface area contributed by atoms with Crippen molar-refractivity contribution in [1.29, 1.82) is 0 Å². The molecule has 26 heavy (non-hydrogen) atoms. The first-order chi connectivity index (χ1) is 12.4. The third-order valence-corrected chi connectivity index (χ3v) is 6.25. The van der Waals surface area contributed by atoms with Crippen molar-refractivity contribution >= 4 is 38.9 Å². The molecule has 1 heterocycles. The summed E-state index contributed by atoms with van der Waals surface area (Å²) in [4.78, 5) is 12.1. The van der Waals surface area contributed by atoms with E-state index in [0.717, 1.165) is 24.5 Å². The predicted molar refractivity (Wildman–Crippen MR) is 101 cm³/mol. The molecule has 0 radical (unpaired) electrons. The molecule has 1 N–H and O–H groups in total. The van der Waals surface area contributed by atoms with Gasteiger partial charge in [0, 0.05) is 18.7 Å². The fourth-order valence-electron chi connectivity index (χ4n) is 2.92. The van der Waals surface area contributed by atoms with Gasteiger partial charge in [0.05, 0.1) is 16.5 Å². The second-order valence-corrected chi connectivity index (χ2v) is 8.47. The topological polar surface area (TPSA) is 66.5 Å². The van der Waals surface area contributed by atoms with Gasteiger partial charge < -0.3 is 5.32 Å². The van der Waals surface area contributed by atoms with Gasteiger partial charge in [0.15, 0.2) is 0 Å². The van der Waals surface area contributed by atoms with Crippen molar-refractivity contribution in [3.8, 4) is 0 Å². The highest BCUT2D eigenvalue weighted by molar-refractivity contribution is 7.92. The number of rotatable bonds is 5. The van der Waals surface area contributed by atoms with Crippen LogP contribution in [0.4, 0.5) is 15.8 Å². The van der Waals surface area contributed by atoms with Gasteiger partial charge in [-0.05, 0) is 42.7 Å². The number of halogens is 2. The summed E-state index contributed by atoms with van der Waals surface area (Å²) in [5, 5.41) is 2.42. The molecule has 0 bridgehead atoms. The van der Waals surface area contributed by atoms with Gasteiger partial charge in [0.2, 0.25) is 15.9 Å². The summed E-state index contributed by atoms with van der Waals surface area (Å²) in [7, 11) is -3.61. The number of anilines is 2. The van der Waals surface area contributed by atoms with Gasteiger partial charge >= 0.3 is 0 Å². The lowest BCUT2D eigenvalue weighted by Crippen LogP contribution is -2.37. The van der Waals surface area contributed by atoms with Crippen molar-refractivity contribution in [2.75, 3.05) is 21.9 Å². The van der Waals surface area contributed by atoms with Gasteiger partial charge in [-0.15, -0.1) is 0 Å². The van der Waals surface area contributed by atoms with E-state index in [4.69, 9.17) is 11.6 Å². The predicted octanol–water partition coefficient (Wildman–Crippen LogP) is 3.59. The highest BCUT2D eigenvalue weighted by atomic mass is 35.5. The molecule has 1 aliphatic rings. The molecule has 0 unspecified atom stereocenters. The van der Waals surface area contributed by atoms with Crippen LogP contribution >= 0.6 is 11.6 Å². The first kappa shape index (κ1) is 18.7. The summed E-state index contributed by atoms with van der Waals surface area (Å²) in [6.07, 6.45) is 1.39. The number of aryl methyl sites for hydroxylation is 1. The standard InChI is InChI=1S/C18H18ClFN2O3S/c19-15-12-14(7-8-16(15)20)21-18(23)9-11-26(24,25)22-10-3-5-13-4-1-2-6-17(13)22/h1-2,4,6-8,12H,3,5,9-11H2,(H,21,23). The van der Waals surface area contributed by atoms with E-state index < -0.39 is 21.7 Å². The number of carbonyl (C=O) groups excluding carboxylic acids is 1. The summed E-state index contributed by atoms with van der Waals surface area (Å²) < 4.78 is 39.9. The fraction of sp³-hybridized carbons (Fsp3) is 0.278. The average Bonchev–Trinajstić information content (AvgIpc) is 2.63. The minimum absolute atomic E-state index is 0.111. The monoisotopic (exact) mass is 396 g/mol. The molecule has 0 aromatic heterocycles. The third kappa shape index (κ3) is 4.16. The summed E-state index contributed by atoms with van der Waals surface area (Å²) >= 11 is 5.67. The Bertz CT molecular complexity index is 934. The fourth-order valence-corrected chi connectivity index (χ4v) is 4.65. The van der Waals surface area contributed by atoms with E-state index in [1.807, 2.05) is 12.1 Å².